The van der Waals surface area contributed by atoms with Gasteiger partial charge in [0.25, 0.3) is 5.91 Å². The van der Waals surface area contributed by atoms with E-state index in [1.807, 2.05) is 29.2 Å². The van der Waals surface area contributed by atoms with Crippen LogP contribution in [-0.4, -0.2) is 54.3 Å². The number of anilines is 1. The molecule has 0 N–H and O–H groups in total. The van der Waals surface area contributed by atoms with E-state index in [1.165, 1.54) is 11.1 Å². The topological polar surface area (TPSA) is 43.9 Å². The van der Waals surface area contributed by atoms with Gasteiger partial charge in [0, 0.05) is 50.4 Å². The number of hydrogen-bond acceptors (Lipinski definition) is 3. The summed E-state index contributed by atoms with van der Waals surface area (Å²) in [6.07, 6.45) is 2.58. The first-order chi connectivity index (χ1) is 13.7. The highest BCUT2D eigenvalue weighted by atomic mass is 16.2. The Bertz CT molecular complexity index is 926. The molecule has 5 nitrogen and oxygen atoms in total. The Balaban J connectivity index is 1.37. The van der Waals surface area contributed by atoms with Gasteiger partial charge in [0.05, 0.1) is 6.04 Å². The summed E-state index contributed by atoms with van der Waals surface area (Å²) in [6.45, 7) is 4.20. The van der Waals surface area contributed by atoms with Crippen LogP contribution in [0.5, 0.6) is 0 Å². The number of hydrogen-bond donors (Lipinski definition) is 0. The molecule has 0 spiro atoms. The van der Waals surface area contributed by atoms with Crippen LogP contribution in [0.4, 0.5) is 5.69 Å². The lowest BCUT2D eigenvalue weighted by atomic mass is 9.91. The van der Waals surface area contributed by atoms with Crippen molar-refractivity contribution in [1.29, 1.82) is 0 Å². The van der Waals surface area contributed by atoms with Crippen molar-refractivity contribution in [3.05, 3.63) is 65.2 Å². The van der Waals surface area contributed by atoms with E-state index in [9.17, 15) is 9.59 Å². The lowest BCUT2D eigenvalue weighted by Gasteiger charge is -2.45. The molecular weight excluding hydrogens is 350 g/mol. The summed E-state index contributed by atoms with van der Waals surface area (Å²) < 4.78 is 0. The zero-order valence-electron chi connectivity index (χ0n) is 16.0. The molecule has 2 aromatic rings. The van der Waals surface area contributed by atoms with E-state index < -0.39 is 0 Å². The SMILES string of the molecule is O=C(c1cccc(N2CCCC2=O)c1)N1CCN2CCc3ccccc3C2C1. The summed E-state index contributed by atoms with van der Waals surface area (Å²) in [6, 6.07) is 16.5. The highest BCUT2D eigenvalue weighted by molar-refractivity contribution is 5.99. The molecule has 5 heteroatoms. The number of rotatable bonds is 2. The van der Waals surface area contributed by atoms with E-state index in [1.54, 1.807) is 4.90 Å². The Hall–Kier alpha value is -2.66. The van der Waals surface area contributed by atoms with Gasteiger partial charge in [0.1, 0.15) is 0 Å². The highest BCUT2D eigenvalue weighted by Gasteiger charge is 2.34. The Kier molecular flexibility index (Phi) is 4.40. The summed E-state index contributed by atoms with van der Waals surface area (Å²) in [4.78, 5) is 31.6. The molecule has 0 bridgehead atoms. The molecule has 1 unspecified atom stereocenters. The smallest absolute Gasteiger partial charge is 0.254 e. The first kappa shape index (κ1) is 17.4. The van der Waals surface area contributed by atoms with Crippen molar-refractivity contribution < 1.29 is 9.59 Å². The number of piperazine rings is 1. The third-order valence-electron chi connectivity index (χ3n) is 6.34. The van der Waals surface area contributed by atoms with Crippen LogP contribution in [0.15, 0.2) is 48.5 Å². The molecule has 2 saturated heterocycles. The number of amides is 2. The van der Waals surface area contributed by atoms with Crippen LogP contribution < -0.4 is 4.90 Å². The second kappa shape index (κ2) is 7.06. The Morgan fingerprint density at radius 1 is 0.929 bits per heavy atom. The van der Waals surface area contributed by atoms with Gasteiger partial charge in [0.2, 0.25) is 5.91 Å². The molecule has 0 aliphatic carbocycles. The van der Waals surface area contributed by atoms with Crippen molar-refractivity contribution in [2.45, 2.75) is 25.3 Å². The minimum Gasteiger partial charge on any atom is -0.335 e. The van der Waals surface area contributed by atoms with Gasteiger partial charge in [0.15, 0.2) is 0 Å². The van der Waals surface area contributed by atoms with E-state index in [-0.39, 0.29) is 17.9 Å². The molecule has 5 rings (SSSR count). The largest absolute Gasteiger partial charge is 0.335 e. The van der Waals surface area contributed by atoms with Gasteiger partial charge in [-0.05, 0) is 42.2 Å². The van der Waals surface area contributed by atoms with E-state index in [4.69, 9.17) is 0 Å². The number of fused-ring (bicyclic) bond motifs is 3. The van der Waals surface area contributed by atoms with Crippen LogP contribution in [-0.2, 0) is 11.2 Å². The molecule has 0 aromatic heterocycles. The minimum atomic E-state index is 0.0659. The molecule has 3 aliphatic heterocycles. The zero-order valence-corrected chi connectivity index (χ0v) is 16.0. The quantitative estimate of drug-likeness (QED) is 0.811. The Labute approximate surface area is 165 Å². The Morgan fingerprint density at radius 2 is 1.82 bits per heavy atom. The maximum atomic E-state index is 13.2. The fourth-order valence-corrected chi connectivity index (χ4v) is 4.83. The van der Waals surface area contributed by atoms with E-state index in [0.29, 0.717) is 12.0 Å². The maximum absolute atomic E-state index is 13.2. The summed E-state index contributed by atoms with van der Waals surface area (Å²) in [5.74, 6) is 0.216. The van der Waals surface area contributed by atoms with Gasteiger partial charge in [-0.25, -0.2) is 0 Å². The molecular formula is C23H25N3O2. The lowest BCUT2D eigenvalue weighted by Crippen LogP contribution is -2.52. The monoisotopic (exact) mass is 375 g/mol. The third kappa shape index (κ3) is 3.00. The van der Waals surface area contributed by atoms with Crippen molar-refractivity contribution in [1.82, 2.24) is 9.80 Å². The van der Waals surface area contributed by atoms with Gasteiger partial charge in [-0.3, -0.25) is 14.5 Å². The first-order valence-corrected chi connectivity index (χ1v) is 10.2. The minimum absolute atomic E-state index is 0.0659. The van der Waals surface area contributed by atoms with Crippen molar-refractivity contribution in [3.8, 4) is 0 Å². The predicted octanol–water partition coefficient (Wildman–Crippen LogP) is 2.87. The number of benzene rings is 2. The predicted molar refractivity (Wildman–Crippen MR) is 108 cm³/mol. The van der Waals surface area contributed by atoms with Crippen LogP contribution >= 0.6 is 0 Å². The number of carbonyl (C=O) groups is 2. The third-order valence-corrected chi connectivity index (χ3v) is 6.34. The van der Waals surface area contributed by atoms with Crippen molar-refractivity contribution in [2.75, 3.05) is 37.6 Å². The molecule has 144 valence electrons. The van der Waals surface area contributed by atoms with Crippen LogP contribution in [0.25, 0.3) is 0 Å². The van der Waals surface area contributed by atoms with E-state index >= 15 is 0 Å². The van der Waals surface area contributed by atoms with Crippen LogP contribution in [0, 0.1) is 0 Å². The highest BCUT2D eigenvalue weighted by Crippen LogP contribution is 2.33. The fraction of sp³-hybridized carbons (Fsp3) is 0.391. The van der Waals surface area contributed by atoms with Gasteiger partial charge >= 0.3 is 0 Å². The van der Waals surface area contributed by atoms with Crippen molar-refractivity contribution in [3.63, 3.8) is 0 Å². The molecule has 2 amide bonds. The van der Waals surface area contributed by atoms with Crippen LogP contribution in [0.2, 0.25) is 0 Å². The fourth-order valence-electron chi connectivity index (χ4n) is 4.83. The molecule has 0 radical (unpaired) electrons. The molecule has 3 heterocycles. The average molecular weight is 375 g/mol. The molecule has 28 heavy (non-hydrogen) atoms. The number of carbonyl (C=O) groups excluding carboxylic acids is 2. The molecule has 0 saturated carbocycles. The van der Waals surface area contributed by atoms with E-state index in [2.05, 4.69) is 29.2 Å². The Morgan fingerprint density at radius 3 is 2.68 bits per heavy atom. The summed E-state index contributed by atoms with van der Waals surface area (Å²) in [7, 11) is 0. The normalized spacial score (nSPS) is 22.1. The lowest BCUT2D eigenvalue weighted by molar-refractivity contribution is -0.117. The molecule has 3 aliphatic rings. The summed E-state index contributed by atoms with van der Waals surface area (Å²) >= 11 is 0. The van der Waals surface area contributed by atoms with Gasteiger partial charge in [-0.2, -0.15) is 0 Å². The standard InChI is InChI=1S/C23H25N3O2/c27-22-9-4-11-26(22)19-7-3-6-18(15-19)23(28)25-14-13-24-12-10-17-5-1-2-8-20(17)21(24)16-25/h1-3,5-8,15,21H,4,9-14,16H2. The first-order valence-electron chi connectivity index (χ1n) is 10.2. The van der Waals surface area contributed by atoms with Crippen LogP contribution in [0.1, 0.15) is 40.4 Å². The van der Waals surface area contributed by atoms with Crippen LogP contribution in [0.3, 0.4) is 0 Å². The summed E-state index contributed by atoms with van der Waals surface area (Å²) in [5, 5.41) is 0. The molecule has 1 atom stereocenters. The number of nitrogens with zero attached hydrogens (tertiary/aromatic N) is 3. The molecule has 2 fully saturated rings. The van der Waals surface area contributed by atoms with Gasteiger partial charge in [-0.15, -0.1) is 0 Å². The average Bonchev–Trinajstić information content (AvgIpc) is 3.18. The van der Waals surface area contributed by atoms with Gasteiger partial charge in [-0.1, -0.05) is 30.3 Å². The van der Waals surface area contributed by atoms with Gasteiger partial charge < -0.3 is 9.80 Å². The zero-order chi connectivity index (χ0) is 19.1. The molecule has 2 aromatic carbocycles. The second-order valence-corrected chi connectivity index (χ2v) is 7.95. The van der Waals surface area contributed by atoms with Crippen molar-refractivity contribution >= 4 is 17.5 Å². The maximum Gasteiger partial charge on any atom is 0.254 e. The second-order valence-electron chi connectivity index (χ2n) is 7.95. The summed E-state index contributed by atoms with van der Waals surface area (Å²) in [5.41, 5.74) is 4.29. The van der Waals surface area contributed by atoms with Crippen molar-refractivity contribution in [2.24, 2.45) is 0 Å². The van der Waals surface area contributed by atoms with E-state index in [0.717, 1.165) is 51.3 Å².